The molecule has 0 aliphatic heterocycles. The van der Waals surface area contributed by atoms with E-state index in [4.69, 9.17) is 0 Å². The molecule has 0 unspecified atom stereocenters. The Morgan fingerprint density at radius 1 is 1.25 bits per heavy atom. The predicted molar refractivity (Wildman–Crippen MR) is 85.3 cm³/mol. The number of pyridine rings is 1. The lowest BCUT2D eigenvalue weighted by Gasteiger charge is -2.40. The lowest BCUT2D eigenvalue weighted by molar-refractivity contribution is -0.0145. The summed E-state index contributed by atoms with van der Waals surface area (Å²) < 4.78 is 1.24. The van der Waals surface area contributed by atoms with Crippen LogP contribution in [0.25, 0.3) is 10.1 Å². The minimum atomic E-state index is -0.588. The SMILES string of the molecule is CC1(C)CCC(O)(CNc2nccc3sccc23)CC1. The lowest BCUT2D eigenvalue weighted by atomic mass is 9.71. The average molecular weight is 290 g/mol. The first kappa shape index (κ1) is 13.8. The normalized spacial score (nSPS) is 20.9. The Kier molecular flexibility index (Phi) is 3.46. The Hall–Kier alpha value is -1.13. The fraction of sp³-hybridized carbons (Fsp3) is 0.562. The third kappa shape index (κ3) is 2.81. The highest BCUT2D eigenvalue weighted by atomic mass is 32.1. The topological polar surface area (TPSA) is 45.1 Å². The van der Waals surface area contributed by atoms with Gasteiger partial charge < -0.3 is 10.4 Å². The fourth-order valence-electron chi connectivity index (χ4n) is 2.85. The van der Waals surface area contributed by atoms with Crippen molar-refractivity contribution >= 4 is 27.2 Å². The first-order valence-corrected chi connectivity index (χ1v) is 8.14. The van der Waals surface area contributed by atoms with Crippen LogP contribution in [0.15, 0.2) is 23.7 Å². The maximum atomic E-state index is 10.7. The quantitative estimate of drug-likeness (QED) is 0.896. The van der Waals surface area contributed by atoms with Crippen LogP contribution < -0.4 is 5.32 Å². The largest absolute Gasteiger partial charge is 0.388 e. The van der Waals surface area contributed by atoms with Crippen LogP contribution in [0.4, 0.5) is 5.82 Å². The summed E-state index contributed by atoms with van der Waals surface area (Å²) in [6.07, 6.45) is 5.73. The second-order valence-corrected chi connectivity index (χ2v) is 7.68. The number of anilines is 1. The second-order valence-electron chi connectivity index (χ2n) is 6.73. The van der Waals surface area contributed by atoms with Gasteiger partial charge in [-0.2, -0.15) is 0 Å². The molecule has 0 spiro atoms. The van der Waals surface area contributed by atoms with Crippen molar-refractivity contribution in [2.24, 2.45) is 5.41 Å². The molecular weight excluding hydrogens is 268 g/mol. The fourth-order valence-corrected chi connectivity index (χ4v) is 3.63. The van der Waals surface area contributed by atoms with Crippen molar-refractivity contribution in [1.29, 1.82) is 0 Å². The number of aliphatic hydroxyl groups is 1. The molecule has 0 atom stereocenters. The van der Waals surface area contributed by atoms with E-state index < -0.39 is 5.60 Å². The monoisotopic (exact) mass is 290 g/mol. The molecule has 108 valence electrons. The van der Waals surface area contributed by atoms with Gasteiger partial charge in [-0.15, -0.1) is 11.3 Å². The highest BCUT2D eigenvalue weighted by Crippen LogP contribution is 2.40. The van der Waals surface area contributed by atoms with E-state index in [0.717, 1.165) is 36.9 Å². The van der Waals surface area contributed by atoms with Gasteiger partial charge in [-0.3, -0.25) is 0 Å². The number of fused-ring (bicyclic) bond motifs is 1. The summed E-state index contributed by atoms with van der Waals surface area (Å²) in [5, 5.41) is 17.3. The summed E-state index contributed by atoms with van der Waals surface area (Å²) in [5.74, 6) is 0.891. The molecule has 0 aromatic carbocycles. The Labute approximate surface area is 124 Å². The maximum Gasteiger partial charge on any atom is 0.134 e. The molecule has 2 aromatic heterocycles. The minimum Gasteiger partial charge on any atom is -0.388 e. The summed E-state index contributed by atoms with van der Waals surface area (Å²) in [5.41, 5.74) is -0.215. The zero-order valence-corrected chi connectivity index (χ0v) is 13.0. The average Bonchev–Trinajstić information content (AvgIpc) is 2.89. The van der Waals surface area contributed by atoms with E-state index >= 15 is 0 Å². The van der Waals surface area contributed by atoms with Crippen LogP contribution in [0.2, 0.25) is 0 Å². The molecule has 2 aromatic rings. The van der Waals surface area contributed by atoms with Crippen LogP contribution in [0.1, 0.15) is 39.5 Å². The number of nitrogens with zero attached hydrogens (tertiary/aromatic N) is 1. The molecule has 1 aliphatic carbocycles. The van der Waals surface area contributed by atoms with Crippen LogP contribution in [0.5, 0.6) is 0 Å². The number of nitrogens with one attached hydrogen (secondary N) is 1. The highest BCUT2D eigenvalue weighted by molar-refractivity contribution is 7.17. The first-order valence-electron chi connectivity index (χ1n) is 7.26. The third-order valence-electron chi connectivity index (χ3n) is 4.50. The zero-order chi connectivity index (χ0) is 14.2. The van der Waals surface area contributed by atoms with Gasteiger partial charge in [-0.1, -0.05) is 13.8 Å². The van der Waals surface area contributed by atoms with Crippen molar-refractivity contribution in [2.75, 3.05) is 11.9 Å². The van der Waals surface area contributed by atoms with Crippen LogP contribution in [0.3, 0.4) is 0 Å². The Balaban J connectivity index is 1.69. The standard InChI is InChI=1S/C16H22N2OS/c1-15(2)5-7-16(19,8-6-15)11-18-14-12-4-10-20-13(12)3-9-17-14/h3-4,9-10,19H,5-8,11H2,1-2H3,(H,17,18). The van der Waals surface area contributed by atoms with Crippen LogP contribution >= 0.6 is 11.3 Å². The molecule has 2 heterocycles. The van der Waals surface area contributed by atoms with E-state index in [1.54, 1.807) is 11.3 Å². The van der Waals surface area contributed by atoms with E-state index in [-0.39, 0.29) is 0 Å². The number of hydrogen-bond donors (Lipinski definition) is 2. The Bertz CT molecular complexity index is 595. The van der Waals surface area contributed by atoms with Crippen molar-refractivity contribution < 1.29 is 5.11 Å². The van der Waals surface area contributed by atoms with E-state index in [0.29, 0.717) is 12.0 Å². The molecule has 20 heavy (non-hydrogen) atoms. The molecule has 3 rings (SSSR count). The van der Waals surface area contributed by atoms with E-state index in [1.165, 1.54) is 4.70 Å². The molecule has 0 saturated heterocycles. The Morgan fingerprint density at radius 3 is 2.75 bits per heavy atom. The summed E-state index contributed by atoms with van der Waals surface area (Å²) in [7, 11) is 0. The predicted octanol–water partition coefficient (Wildman–Crippen LogP) is 4.04. The van der Waals surface area contributed by atoms with Gasteiger partial charge in [0.1, 0.15) is 5.82 Å². The number of aromatic nitrogens is 1. The summed E-state index contributed by atoms with van der Waals surface area (Å²) in [4.78, 5) is 4.41. The highest BCUT2D eigenvalue weighted by Gasteiger charge is 2.36. The van der Waals surface area contributed by atoms with Gasteiger partial charge in [0.05, 0.1) is 5.60 Å². The summed E-state index contributed by atoms with van der Waals surface area (Å²) >= 11 is 1.72. The lowest BCUT2D eigenvalue weighted by Crippen LogP contribution is -2.42. The third-order valence-corrected chi connectivity index (χ3v) is 5.38. The van der Waals surface area contributed by atoms with Crippen molar-refractivity contribution in [1.82, 2.24) is 4.98 Å². The smallest absolute Gasteiger partial charge is 0.134 e. The van der Waals surface area contributed by atoms with Gasteiger partial charge in [0.25, 0.3) is 0 Å². The van der Waals surface area contributed by atoms with Crippen molar-refractivity contribution in [2.45, 2.75) is 45.1 Å². The second kappa shape index (κ2) is 5.01. The summed E-state index contributed by atoms with van der Waals surface area (Å²) in [6.45, 7) is 5.16. The molecule has 2 N–H and O–H groups in total. The molecular formula is C16H22N2OS. The molecule has 0 radical (unpaired) electrons. The number of thiophene rings is 1. The first-order chi connectivity index (χ1) is 9.48. The molecule has 1 aliphatic rings. The zero-order valence-electron chi connectivity index (χ0n) is 12.1. The van der Waals surface area contributed by atoms with Crippen molar-refractivity contribution in [3.63, 3.8) is 0 Å². The number of hydrogen-bond acceptors (Lipinski definition) is 4. The van der Waals surface area contributed by atoms with Gasteiger partial charge in [0.15, 0.2) is 0 Å². The van der Waals surface area contributed by atoms with E-state index in [1.807, 2.05) is 12.3 Å². The van der Waals surface area contributed by atoms with Crippen molar-refractivity contribution in [3.05, 3.63) is 23.7 Å². The van der Waals surface area contributed by atoms with Gasteiger partial charge in [0.2, 0.25) is 0 Å². The maximum absolute atomic E-state index is 10.7. The molecule has 0 amide bonds. The van der Waals surface area contributed by atoms with Gasteiger partial charge in [0, 0.05) is 22.8 Å². The van der Waals surface area contributed by atoms with Crippen LogP contribution in [0, 0.1) is 5.41 Å². The van der Waals surface area contributed by atoms with Gasteiger partial charge in [-0.25, -0.2) is 4.98 Å². The molecule has 1 saturated carbocycles. The Morgan fingerprint density at radius 2 is 2.00 bits per heavy atom. The van der Waals surface area contributed by atoms with Crippen LogP contribution in [-0.4, -0.2) is 22.2 Å². The summed E-state index contributed by atoms with van der Waals surface area (Å²) in [6, 6.07) is 4.12. The van der Waals surface area contributed by atoms with E-state index in [2.05, 4.69) is 35.6 Å². The minimum absolute atomic E-state index is 0.373. The molecule has 1 fully saturated rings. The molecule has 3 nitrogen and oxygen atoms in total. The molecule has 4 heteroatoms. The number of rotatable bonds is 3. The van der Waals surface area contributed by atoms with E-state index in [9.17, 15) is 5.11 Å². The van der Waals surface area contributed by atoms with Gasteiger partial charge >= 0.3 is 0 Å². The van der Waals surface area contributed by atoms with Crippen molar-refractivity contribution in [3.8, 4) is 0 Å². The van der Waals surface area contributed by atoms with Gasteiger partial charge in [-0.05, 0) is 48.6 Å². The van der Waals surface area contributed by atoms with Crippen LogP contribution in [-0.2, 0) is 0 Å². The molecule has 0 bridgehead atoms.